The van der Waals surface area contributed by atoms with Gasteiger partial charge in [0.2, 0.25) is 0 Å². The van der Waals surface area contributed by atoms with Gasteiger partial charge in [-0.05, 0) is 88.5 Å². The number of rotatable bonds is 17. The van der Waals surface area contributed by atoms with Crippen molar-refractivity contribution in [2.45, 2.75) is 130 Å². The number of nitro benzene ring substituents is 1. The Bertz CT molecular complexity index is 1400. The summed E-state index contributed by atoms with van der Waals surface area (Å²) < 4.78 is 35.4. The average molecular weight is 730 g/mol. The standard InChI is InChI=1S/C40H59NO11/c1-10-33(47-9)29(7)37-35(50-37)24-25(3)14-12-15-27(5)36-28(6)17-22-34(49-32-20-18-31(19-21-32)41(45)46)26(4)16-13-23-40(38(42)43,39(44)51-36)52-30(8)48-11-2/h12,14-15,17-22,25-26,28-30,33-37H,10-11,13,16,23-24H2,1-9H3,(H,42,43). The number of nitrogens with zero attached hydrogens (tertiary/aromatic N) is 1. The average Bonchev–Trinajstić information content (AvgIpc) is 3.87. The Balaban J connectivity index is 1.90. The van der Waals surface area contributed by atoms with Gasteiger partial charge in [0.15, 0.2) is 6.29 Å². The number of nitro groups is 1. The van der Waals surface area contributed by atoms with Gasteiger partial charge < -0.3 is 33.5 Å². The smallest absolute Gasteiger partial charge is 0.351 e. The molecule has 1 aromatic rings. The molecule has 0 amide bonds. The molecule has 1 N–H and O–H groups in total. The number of epoxide rings is 1. The number of methoxy groups -OCH3 is 1. The van der Waals surface area contributed by atoms with E-state index in [-0.39, 0.29) is 48.9 Å². The van der Waals surface area contributed by atoms with Crippen LogP contribution in [0.5, 0.6) is 5.75 Å². The number of cyclic esters (lactones) is 1. The molecular weight excluding hydrogens is 670 g/mol. The maximum absolute atomic E-state index is 14.0. The Morgan fingerprint density at radius 2 is 1.85 bits per heavy atom. The van der Waals surface area contributed by atoms with Crippen LogP contribution in [0.15, 0.2) is 60.2 Å². The number of non-ortho nitro benzene ring substituents is 1. The fraction of sp³-hybridized carbons (Fsp3) is 0.650. The van der Waals surface area contributed by atoms with E-state index in [0.717, 1.165) is 12.8 Å². The van der Waals surface area contributed by atoms with Gasteiger partial charge in [0.1, 0.15) is 18.0 Å². The summed E-state index contributed by atoms with van der Waals surface area (Å²) in [7, 11) is 1.74. The van der Waals surface area contributed by atoms with Crippen molar-refractivity contribution in [1.82, 2.24) is 0 Å². The number of ether oxygens (including phenoxy) is 6. The molecular formula is C40H59NO11. The molecule has 2 aliphatic heterocycles. The molecule has 12 heteroatoms. The zero-order chi connectivity index (χ0) is 38.6. The number of hydrogen-bond donors (Lipinski definition) is 1. The lowest BCUT2D eigenvalue weighted by molar-refractivity contribution is -0.384. The van der Waals surface area contributed by atoms with Crippen LogP contribution in [-0.2, 0) is 33.3 Å². The molecule has 52 heavy (non-hydrogen) atoms. The predicted octanol–water partition coefficient (Wildman–Crippen LogP) is 7.85. The highest BCUT2D eigenvalue weighted by atomic mass is 16.7. The minimum absolute atomic E-state index is 0.0447. The first-order valence-corrected chi connectivity index (χ1v) is 18.5. The molecule has 290 valence electrons. The molecule has 1 aromatic carbocycles. The molecule has 11 unspecified atom stereocenters. The van der Waals surface area contributed by atoms with Crippen molar-refractivity contribution in [1.29, 1.82) is 0 Å². The van der Waals surface area contributed by atoms with Crippen LogP contribution in [0.1, 0.15) is 87.5 Å². The molecule has 11 atom stereocenters. The van der Waals surface area contributed by atoms with Crippen LogP contribution in [0.25, 0.3) is 0 Å². The summed E-state index contributed by atoms with van der Waals surface area (Å²) in [6.45, 7) is 15.7. The quantitative estimate of drug-likeness (QED) is 0.0244. The van der Waals surface area contributed by atoms with E-state index in [9.17, 15) is 24.8 Å². The third-order valence-corrected chi connectivity index (χ3v) is 10.1. The number of hydrogen-bond acceptors (Lipinski definition) is 10. The van der Waals surface area contributed by atoms with Gasteiger partial charge in [0.25, 0.3) is 11.3 Å². The highest BCUT2D eigenvalue weighted by Crippen LogP contribution is 2.37. The molecule has 0 saturated carbocycles. The lowest BCUT2D eigenvalue weighted by atomic mass is 9.88. The molecule has 0 bridgehead atoms. The van der Waals surface area contributed by atoms with E-state index < -0.39 is 46.9 Å². The molecule has 1 saturated heterocycles. The minimum atomic E-state index is -2.30. The van der Waals surface area contributed by atoms with Crippen LogP contribution < -0.4 is 4.74 Å². The summed E-state index contributed by atoms with van der Waals surface area (Å²) in [4.78, 5) is 37.6. The lowest BCUT2D eigenvalue weighted by Gasteiger charge is -2.34. The van der Waals surface area contributed by atoms with E-state index in [2.05, 4.69) is 26.8 Å². The molecule has 0 radical (unpaired) electrons. The number of carbonyl (C=O) groups is 2. The van der Waals surface area contributed by atoms with Gasteiger partial charge in [0, 0.05) is 37.7 Å². The van der Waals surface area contributed by atoms with E-state index in [1.807, 2.05) is 45.1 Å². The van der Waals surface area contributed by atoms with Crippen LogP contribution in [0, 0.1) is 33.8 Å². The number of carboxylic acids is 1. The highest BCUT2D eigenvalue weighted by Gasteiger charge is 2.51. The first-order chi connectivity index (χ1) is 24.7. The Hall–Kier alpha value is -3.58. The number of allylic oxidation sites excluding steroid dienone is 3. The summed E-state index contributed by atoms with van der Waals surface area (Å²) >= 11 is 0. The van der Waals surface area contributed by atoms with Crippen molar-refractivity contribution in [3.05, 3.63) is 70.3 Å². The van der Waals surface area contributed by atoms with E-state index >= 15 is 0 Å². The van der Waals surface area contributed by atoms with Gasteiger partial charge in [0.05, 0.1) is 23.2 Å². The summed E-state index contributed by atoms with van der Waals surface area (Å²) in [6.07, 6.45) is 10.4. The molecule has 2 aliphatic rings. The largest absolute Gasteiger partial charge is 0.486 e. The van der Waals surface area contributed by atoms with Crippen LogP contribution >= 0.6 is 0 Å². The topological polar surface area (TPSA) is 156 Å². The summed E-state index contributed by atoms with van der Waals surface area (Å²) in [5, 5.41) is 21.7. The minimum Gasteiger partial charge on any atom is -0.486 e. The second-order valence-electron chi connectivity index (χ2n) is 14.2. The van der Waals surface area contributed by atoms with Crippen molar-refractivity contribution in [2.24, 2.45) is 23.7 Å². The summed E-state index contributed by atoms with van der Waals surface area (Å²) in [6, 6.07) is 5.88. The molecule has 0 spiro atoms. The highest BCUT2D eigenvalue weighted by molar-refractivity contribution is 6.03. The van der Waals surface area contributed by atoms with Crippen molar-refractivity contribution < 1.29 is 48.0 Å². The van der Waals surface area contributed by atoms with Gasteiger partial charge in [-0.3, -0.25) is 10.1 Å². The Morgan fingerprint density at radius 3 is 2.44 bits per heavy atom. The van der Waals surface area contributed by atoms with E-state index in [1.54, 1.807) is 33.1 Å². The monoisotopic (exact) mass is 729 g/mol. The molecule has 3 rings (SSSR count). The lowest BCUT2D eigenvalue weighted by Crippen LogP contribution is -2.53. The van der Waals surface area contributed by atoms with Gasteiger partial charge in [-0.25, -0.2) is 9.59 Å². The van der Waals surface area contributed by atoms with Gasteiger partial charge in [-0.1, -0.05) is 58.9 Å². The third-order valence-electron chi connectivity index (χ3n) is 10.1. The van der Waals surface area contributed by atoms with E-state index in [1.165, 1.54) is 12.1 Å². The van der Waals surface area contributed by atoms with Crippen LogP contribution in [-0.4, -0.2) is 78.1 Å². The molecule has 0 aliphatic carbocycles. The summed E-state index contributed by atoms with van der Waals surface area (Å²) in [5.41, 5.74) is -1.63. The fourth-order valence-corrected chi connectivity index (χ4v) is 6.91. The third kappa shape index (κ3) is 11.7. The Kier molecular flexibility index (Phi) is 16.5. The molecule has 1 fully saturated rings. The molecule has 12 nitrogen and oxygen atoms in total. The van der Waals surface area contributed by atoms with Crippen LogP contribution in [0.3, 0.4) is 0 Å². The van der Waals surface area contributed by atoms with Crippen molar-refractivity contribution in [3.63, 3.8) is 0 Å². The number of aliphatic carboxylic acids is 1. The van der Waals surface area contributed by atoms with Gasteiger partial charge in [-0.15, -0.1) is 0 Å². The van der Waals surface area contributed by atoms with Crippen molar-refractivity contribution in [3.8, 4) is 5.75 Å². The maximum atomic E-state index is 14.0. The zero-order valence-electron chi connectivity index (χ0n) is 32.2. The Labute approximate surface area is 308 Å². The first kappa shape index (κ1) is 42.8. The second-order valence-corrected chi connectivity index (χ2v) is 14.2. The Morgan fingerprint density at radius 1 is 1.15 bits per heavy atom. The molecule has 2 heterocycles. The normalized spacial score (nSPS) is 29.6. The van der Waals surface area contributed by atoms with Crippen molar-refractivity contribution >= 4 is 17.6 Å². The van der Waals surface area contributed by atoms with Crippen LogP contribution in [0.4, 0.5) is 5.69 Å². The predicted molar refractivity (Wildman–Crippen MR) is 197 cm³/mol. The van der Waals surface area contributed by atoms with E-state index in [0.29, 0.717) is 30.1 Å². The number of carbonyl (C=O) groups excluding carboxylic acids is 1. The number of benzene rings is 1. The SMILES string of the molecule is CCOC(C)OC1(C(=O)O)CCCC(C)C(Oc2ccc([N+](=O)[O-])cc2)C=CC(C)C(C(C)=CC=CC(C)CC2OC2C(C)C(CC)OC)OC1=O. The first-order valence-electron chi connectivity index (χ1n) is 18.5. The van der Waals surface area contributed by atoms with E-state index in [4.69, 9.17) is 28.4 Å². The van der Waals surface area contributed by atoms with Crippen LogP contribution in [0.2, 0.25) is 0 Å². The maximum Gasteiger partial charge on any atom is 0.351 e. The number of carboxylic acid groups (broad SMARTS) is 1. The van der Waals surface area contributed by atoms with Gasteiger partial charge in [-0.2, -0.15) is 0 Å². The summed E-state index contributed by atoms with van der Waals surface area (Å²) in [5.74, 6) is -1.96. The zero-order valence-corrected chi connectivity index (χ0v) is 32.2. The van der Waals surface area contributed by atoms with Gasteiger partial charge >= 0.3 is 11.9 Å². The molecule has 0 aromatic heterocycles. The fourth-order valence-electron chi connectivity index (χ4n) is 6.91. The number of esters is 1. The second kappa shape index (κ2) is 20.0. The van der Waals surface area contributed by atoms with Crippen molar-refractivity contribution in [2.75, 3.05) is 13.7 Å².